The standard InChI is InChI=1S/C38H28BF10OP/c1-17-12-19(3)37(20(4)13-17)51(38-21(5)14-18(2)15-22(38)6)24(23-10-8-7-9-11-23)16-39(50-51,25-27(40)31(44)35(48)32(45)28(25)41)26-29(42)33(46)36(49)34(47)30(26)43/h7-16H,1-6H3. The molecule has 0 fully saturated rings. The Bertz CT molecular complexity index is 2090. The molecule has 6 rings (SSSR count). The Labute approximate surface area is 288 Å². The van der Waals surface area contributed by atoms with Crippen LogP contribution in [-0.4, -0.2) is 6.35 Å². The molecule has 0 unspecified atom stereocenters. The summed E-state index contributed by atoms with van der Waals surface area (Å²) in [7, 11) is -4.14. The predicted molar refractivity (Wildman–Crippen MR) is 180 cm³/mol. The Balaban J connectivity index is 1.97. The molecule has 5 aromatic carbocycles. The first-order chi connectivity index (χ1) is 23.9. The molecule has 0 saturated carbocycles. The molecule has 0 aromatic heterocycles. The lowest BCUT2D eigenvalue weighted by atomic mass is 9.31. The minimum Gasteiger partial charge on any atom is -0.414 e. The van der Waals surface area contributed by atoms with Gasteiger partial charge in [-0.2, -0.15) is 5.98 Å². The van der Waals surface area contributed by atoms with Crippen LogP contribution < -0.4 is 21.5 Å². The predicted octanol–water partition coefficient (Wildman–Crippen LogP) is 9.18. The van der Waals surface area contributed by atoms with Gasteiger partial charge in [-0.15, -0.1) is 0 Å². The summed E-state index contributed by atoms with van der Waals surface area (Å²) >= 11 is 0. The quantitative estimate of drug-likeness (QED) is 0.0576. The lowest BCUT2D eigenvalue weighted by molar-refractivity contribution is 0.379. The van der Waals surface area contributed by atoms with Gasteiger partial charge in [-0.1, -0.05) is 76.6 Å². The van der Waals surface area contributed by atoms with E-state index in [4.69, 9.17) is 4.44 Å². The van der Waals surface area contributed by atoms with Crippen LogP contribution in [0, 0.1) is 99.7 Å². The Hall–Kier alpha value is -4.41. The third kappa shape index (κ3) is 5.24. The van der Waals surface area contributed by atoms with Crippen LogP contribution in [0.25, 0.3) is 5.31 Å². The van der Waals surface area contributed by atoms with E-state index in [2.05, 4.69) is 0 Å². The van der Waals surface area contributed by atoms with Gasteiger partial charge in [0.25, 0.3) is 6.35 Å². The maximum Gasteiger partial charge on any atom is 0.255 e. The highest BCUT2D eigenvalue weighted by Gasteiger charge is 2.62. The van der Waals surface area contributed by atoms with E-state index in [1.165, 1.54) is 12.1 Å². The molecule has 13 heteroatoms. The van der Waals surface area contributed by atoms with Gasteiger partial charge in [0.2, 0.25) is 0 Å². The van der Waals surface area contributed by atoms with Crippen LogP contribution in [-0.2, 0) is 4.44 Å². The molecule has 0 radical (unpaired) electrons. The van der Waals surface area contributed by atoms with E-state index in [0.29, 0.717) is 32.9 Å². The highest BCUT2D eigenvalue weighted by atomic mass is 31.2. The number of halogens is 10. The number of hydrogen-bond acceptors (Lipinski definition) is 1. The highest BCUT2D eigenvalue weighted by molar-refractivity contribution is 7.96. The maximum atomic E-state index is 16.2. The van der Waals surface area contributed by atoms with Crippen molar-refractivity contribution in [1.29, 1.82) is 0 Å². The van der Waals surface area contributed by atoms with Crippen LogP contribution in [0.3, 0.4) is 0 Å². The molecule has 5 aromatic rings. The molecule has 1 heterocycles. The molecular formula is C38H28BF10OP. The van der Waals surface area contributed by atoms with E-state index in [-0.39, 0.29) is 10.9 Å². The van der Waals surface area contributed by atoms with Crippen molar-refractivity contribution in [3.63, 3.8) is 0 Å². The lowest BCUT2D eigenvalue weighted by Crippen LogP contribution is -2.64. The fraction of sp³-hybridized carbons (Fsp3) is 0.158. The lowest BCUT2D eigenvalue weighted by Gasteiger charge is -2.40. The summed E-state index contributed by atoms with van der Waals surface area (Å²) in [4.78, 5) is 0. The van der Waals surface area contributed by atoms with Crippen LogP contribution in [0.4, 0.5) is 43.9 Å². The number of hydrogen-bond donors (Lipinski definition) is 0. The van der Waals surface area contributed by atoms with Crippen molar-refractivity contribution in [2.24, 2.45) is 0 Å². The van der Waals surface area contributed by atoms with E-state index in [1.807, 2.05) is 0 Å². The molecule has 0 amide bonds. The third-order valence-corrected chi connectivity index (χ3v) is 13.8. The summed E-state index contributed by atoms with van der Waals surface area (Å²) in [5.41, 5.74) is 0.0550. The Morgan fingerprint density at radius 2 is 0.765 bits per heavy atom. The van der Waals surface area contributed by atoms with E-state index in [1.54, 1.807) is 84.0 Å². The zero-order valence-electron chi connectivity index (χ0n) is 28.0. The summed E-state index contributed by atoms with van der Waals surface area (Å²) in [6.07, 6.45) is -4.70. The Morgan fingerprint density at radius 1 is 0.451 bits per heavy atom. The SMILES string of the molecule is Cc1cc(C)c([P+]2(c3c(C)cc(C)cc3C)O[B-](c3c(F)c(F)c(F)c(F)c3F)(c3c(F)c(F)c(F)c(F)c3F)C=C2c2ccccc2)c(C)c1. The summed E-state index contributed by atoms with van der Waals surface area (Å²) in [5, 5.41) is 0.714. The molecular weight excluding hydrogens is 704 g/mol. The Morgan fingerprint density at radius 3 is 1.10 bits per heavy atom. The van der Waals surface area contributed by atoms with Crippen molar-refractivity contribution < 1.29 is 48.3 Å². The average molecular weight is 732 g/mol. The van der Waals surface area contributed by atoms with Crippen LogP contribution in [0.1, 0.15) is 38.9 Å². The van der Waals surface area contributed by atoms with Gasteiger partial charge in [0, 0.05) is 5.56 Å². The minimum atomic E-state index is -4.70. The van der Waals surface area contributed by atoms with Crippen LogP contribution >= 0.6 is 7.49 Å². The number of benzene rings is 5. The average Bonchev–Trinajstić information content (AvgIpc) is 3.40. The molecule has 1 aliphatic rings. The Kier molecular flexibility index (Phi) is 9.04. The topological polar surface area (TPSA) is 9.23 Å². The summed E-state index contributed by atoms with van der Waals surface area (Å²) in [6.45, 7) is 10.3. The second-order valence-corrected chi connectivity index (χ2v) is 15.7. The molecule has 0 N–H and O–H groups in total. The molecule has 0 spiro atoms. The van der Waals surface area contributed by atoms with Gasteiger partial charge in [-0.3, -0.25) is 0 Å². The van der Waals surface area contributed by atoms with Crippen molar-refractivity contribution in [1.82, 2.24) is 0 Å². The van der Waals surface area contributed by atoms with Gasteiger partial charge < -0.3 is 4.44 Å². The molecule has 0 atom stereocenters. The highest BCUT2D eigenvalue weighted by Crippen LogP contribution is 2.74. The van der Waals surface area contributed by atoms with Gasteiger partial charge in [-0.05, 0) is 63.8 Å². The van der Waals surface area contributed by atoms with Gasteiger partial charge in [0.15, 0.2) is 42.4 Å². The van der Waals surface area contributed by atoms with Gasteiger partial charge >= 0.3 is 0 Å². The van der Waals surface area contributed by atoms with E-state index in [0.717, 1.165) is 17.1 Å². The summed E-state index contributed by atoms with van der Waals surface area (Å²) < 4.78 is 162. The fourth-order valence-electron chi connectivity index (χ4n) is 7.76. The molecule has 0 saturated heterocycles. The monoisotopic (exact) mass is 732 g/mol. The molecule has 264 valence electrons. The van der Waals surface area contributed by atoms with Crippen molar-refractivity contribution in [3.05, 3.63) is 158 Å². The van der Waals surface area contributed by atoms with E-state index in [9.17, 15) is 8.78 Å². The summed E-state index contributed by atoms with van der Waals surface area (Å²) in [6, 6.07) is 14.8. The molecule has 51 heavy (non-hydrogen) atoms. The second-order valence-electron chi connectivity index (χ2n) is 12.9. The van der Waals surface area contributed by atoms with Gasteiger partial charge in [0.1, 0.15) is 33.9 Å². The minimum absolute atomic E-state index is 0.00101. The molecule has 0 aliphatic carbocycles. The maximum absolute atomic E-state index is 16.2. The largest absolute Gasteiger partial charge is 0.414 e. The molecule has 1 nitrogen and oxygen atoms in total. The zero-order chi connectivity index (χ0) is 37.5. The van der Waals surface area contributed by atoms with Crippen LogP contribution in [0.2, 0.25) is 0 Å². The molecule has 0 bridgehead atoms. The van der Waals surface area contributed by atoms with Gasteiger partial charge in [0.05, 0.1) is 5.31 Å². The fourth-order valence-corrected chi connectivity index (χ4v) is 12.7. The normalized spacial score (nSPS) is 15.0. The number of aryl methyl sites for hydroxylation is 6. The van der Waals surface area contributed by atoms with E-state index < -0.39 is 82.9 Å². The first-order valence-electron chi connectivity index (χ1n) is 15.6. The third-order valence-electron chi connectivity index (χ3n) is 9.37. The smallest absolute Gasteiger partial charge is 0.255 e. The zero-order valence-corrected chi connectivity index (χ0v) is 28.9. The van der Waals surface area contributed by atoms with Crippen molar-refractivity contribution >= 4 is 40.7 Å². The first kappa shape index (κ1) is 36.4. The van der Waals surface area contributed by atoms with Crippen LogP contribution in [0.5, 0.6) is 0 Å². The summed E-state index contributed by atoms with van der Waals surface area (Å²) in [5.74, 6) is -24.7. The van der Waals surface area contributed by atoms with Crippen LogP contribution in [0.15, 0.2) is 60.6 Å². The van der Waals surface area contributed by atoms with Crippen molar-refractivity contribution in [2.45, 2.75) is 41.5 Å². The van der Waals surface area contributed by atoms with Crippen molar-refractivity contribution in [2.75, 3.05) is 0 Å². The number of rotatable bonds is 5. The second kappa shape index (κ2) is 12.7. The van der Waals surface area contributed by atoms with Crippen molar-refractivity contribution in [3.8, 4) is 0 Å². The first-order valence-corrected chi connectivity index (χ1v) is 17.4. The van der Waals surface area contributed by atoms with Gasteiger partial charge in [-0.25, -0.2) is 43.9 Å². The van der Waals surface area contributed by atoms with E-state index >= 15 is 35.1 Å². The molecule has 1 aliphatic heterocycles.